The Labute approximate surface area is 363 Å². The zero-order chi connectivity index (χ0) is 45.3. The summed E-state index contributed by atoms with van der Waals surface area (Å²) in [6.45, 7) is 14.9. The standard InChI is InChI=1S/C47H45F4NO7S3/c1-8-12-29-17-19-33-37(24-29)59-38-25-30(23-36-31(26(2)3)14-11-15-32(36)27(4)5)18-20-34(38)40(33)35-13-9-10-16-39(35)61(54,55)52-62(56,57)46-43(50)41(48)45(42(49)44(46)51)60-22-21-58-47(53)28(6)7/h9-11,13-20,23-27,52H,6,8,12,21-22H2,1-5,7H3/b30-23+. The van der Waals surface area contributed by atoms with E-state index in [9.17, 15) is 21.6 Å². The van der Waals surface area contributed by atoms with Gasteiger partial charge < -0.3 is 9.47 Å². The minimum absolute atomic E-state index is 0.00520. The quantitative estimate of drug-likeness (QED) is 0.0271. The third-order valence-corrected chi connectivity index (χ3v) is 14.7. The fourth-order valence-electron chi connectivity index (χ4n) is 7.21. The van der Waals surface area contributed by atoms with Gasteiger partial charge in [-0.25, -0.2) is 39.2 Å². The van der Waals surface area contributed by atoms with Crippen LogP contribution in [0.3, 0.4) is 0 Å². The summed E-state index contributed by atoms with van der Waals surface area (Å²) >= 11 is 0.214. The van der Waals surface area contributed by atoms with Gasteiger partial charge in [0.2, 0.25) is 0 Å². The van der Waals surface area contributed by atoms with E-state index >= 15 is 17.6 Å². The molecule has 0 aromatic heterocycles. The highest BCUT2D eigenvalue weighted by Crippen LogP contribution is 2.40. The van der Waals surface area contributed by atoms with E-state index in [4.69, 9.17) is 9.47 Å². The van der Waals surface area contributed by atoms with E-state index in [-0.39, 0.29) is 40.5 Å². The fraction of sp³-hybridized carbons (Fsp3) is 0.255. The molecule has 0 amide bonds. The van der Waals surface area contributed by atoms with E-state index in [1.165, 1.54) is 29.3 Å². The second-order valence-corrected chi connectivity index (χ2v) is 20.0. The number of halogens is 4. The lowest BCUT2D eigenvalue weighted by atomic mass is 9.88. The van der Waals surface area contributed by atoms with Crippen molar-refractivity contribution in [1.29, 1.82) is 0 Å². The highest BCUT2D eigenvalue weighted by Gasteiger charge is 2.37. The van der Waals surface area contributed by atoms with E-state index in [1.54, 1.807) is 12.1 Å². The third kappa shape index (κ3) is 9.41. The summed E-state index contributed by atoms with van der Waals surface area (Å²) in [4.78, 5) is 7.59. The summed E-state index contributed by atoms with van der Waals surface area (Å²) in [5.74, 6) is -8.80. The van der Waals surface area contributed by atoms with Gasteiger partial charge in [0.1, 0.15) is 18.1 Å². The van der Waals surface area contributed by atoms with Crippen molar-refractivity contribution in [3.8, 4) is 11.5 Å². The number of esters is 1. The number of fused-ring (bicyclic) bond motifs is 2. The second kappa shape index (κ2) is 18.6. The lowest BCUT2D eigenvalue weighted by molar-refractivity contribution is -0.138. The maximum Gasteiger partial charge on any atom is 0.333 e. The summed E-state index contributed by atoms with van der Waals surface area (Å²) in [6, 6.07) is 22.7. The van der Waals surface area contributed by atoms with Crippen molar-refractivity contribution in [2.75, 3.05) is 12.4 Å². The number of thioether (sulfide) groups is 1. The van der Waals surface area contributed by atoms with Crippen LogP contribution < -0.4 is 19.3 Å². The van der Waals surface area contributed by atoms with Gasteiger partial charge in [-0.15, -0.1) is 15.9 Å². The van der Waals surface area contributed by atoms with Crippen LogP contribution in [0.5, 0.6) is 11.5 Å². The summed E-state index contributed by atoms with van der Waals surface area (Å²) in [7, 11) is -11.2. The number of carbonyl (C=O) groups excluding carboxylic acids is 1. The molecule has 1 aliphatic heterocycles. The Morgan fingerprint density at radius 2 is 1.45 bits per heavy atom. The molecule has 8 nitrogen and oxygen atoms in total. The lowest BCUT2D eigenvalue weighted by Gasteiger charge is -2.23. The first kappa shape index (κ1) is 46.3. The van der Waals surface area contributed by atoms with Crippen molar-refractivity contribution < 1.29 is 48.7 Å². The first-order valence-electron chi connectivity index (χ1n) is 19.8. The molecule has 1 aliphatic rings. The van der Waals surface area contributed by atoms with E-state index < -0.39 is 70.6 Å². The van der Waals surface area contributed by atoms with Gasteiger partial charge in [0.25, 0.3) is 20.0 Å². The van der Waals surface area contributed by atoms with Gasteiger partial charge in [-0.1, -0.05) is 102 Å². The minimum Gasteiger partial charge on any atom is -0.461 e. The maximum absolute atomic E-state index is 15.5. The zero-order valence-electron chi connectivity index (χ0n) is 34.9. The van der Waals surface area contributed by atoms with Crippen LogP contribution in [0.15, 0.2) is 106 Å². The molecule has 5 aromatic rings. The molecule has 0 atom stereocenters. The van der Waals surface area contributed by atoms with Gasteiger partial charge in [0, 0.05) is 33.2 Å². The fourth-order valence-corrected chi connectivity index (χ4v) is 11.2. The molecule has 1 N–H and O–H groups in total. The summed E-state index contributed by atoms with van der Waals surface area (Å²) in [5.41, 5.74) is 5.24. The Hall–Kier alpha value is -5.22. The van der Waals surface area contributed by atoms with E-state index in [1.807, 2.05) is 37.3 Å². The smallest absolute Gasteiger partial charge is 0.333 e. The minimum atomic E-state index is -5.86. The molecule has 0 unspecified atom stereocenters. The van der Waals surface area contributed by atoms with E-state index in [2.05, 4.69) is 52.5 Å². The molecule has 0 spiro atoms. The molecule has 15 heteroatoms. The van der Waals surface area contributed by atoms with Gasteiger partial charge in [0.15, 0.2) is 28.2 Å². The predicted octanol–water partition coefficient (Wildman–Crippen LogP) is 9.50. The van der Waals surface area contributed by atoms with Crippen molar-refractivity contribution in [1.82, 2.24) is 4.13 Å². The molecule has 0 fully saturated rings. The maximum atomic E-state index is 15.5. The number of sulfonamides is 2. The number of hydrogen-bond acceptors (Lipinski definition) is 8. The number of nitrogens with one attached hydrogen (secondary N) is 1. The molecule has 0 saturated carbocycles. The number of hydrogen-bond donors (Lipinski definition) is 1. The Morgan fingerprint density at radius 3 is 2.06 bits per heavy atom. The highest BCUT2D eigenvalue weighted by molar-refractivity contribution is 8.04. The van der Waals surface area contributed by atoms with Crippen molar-refractivity contribution in [3.63, 3.8) is 0 Å². The molecule has 1 heterocycles. The third-order valence-electron chi connectivity index (χ3n) is 10.1. The van der Waals surface area contributed by atoms with Gasteiger partial charge in [0.05, 0.1) is 9.79 Å². The normalized spacial score (nSPS) is 13.0. The average Bonchev–Trinajstić information content (AvgIpc) is 3.21. The summed E-state index contributed by atoms with van der Waals surface area (Å²) in [5, 5.41) is 1.27. The Kier molecular flexibility index (Phi) is 13.9. The van der Waals surface area contributed by atoms with Gasteiger partial charge in [-0.2, -0.15) is 0 Å². The SMILES string of the molecule is C=C(C)C(=O)OCCSc1c(F)c(F)c(S(=O)(=O)NS(=O)(=O)c2ccccc2C2=c3cc/c(=C\c4c(C(C)C)cccc4C(C)C)cc3Oc3cc(CCC)ccc32)c(F)c1F. The van der Waals surface area contributed by atoms with Crippen molar-refractivity contribution >= 4 is 49.4 Å². The lowest BCUT2D eigenvalue weighted by Crippen LogP contribution is -2.33. The molecule has 6 rings (SSSR count). The van der Waals surface area contributed by atoms with Gasteiger partial charge in [-0.3, -0.25) is 0 Å². The number of aryl methyl sites for hydroxylation is 1. The van der Waals surface area contributed by atoms with Gasteiger partial charge in [-0.05, 0) is 83.0 Å². The average molecular weight is 908 g/mol. The number of ether oxygens (including phenoxy) is 2. The first-order chi connectivity index (χ1) is 29.3. The molecule has 0 radical (unpaired) electrons. The van der Waals surface area contributed by atoms with Crippen molar-refractivity contribution in [2.24, 2.45) is 0 Å². The van der Waals surface area contributed by atoms with E-state index in [0.717, 1.165) is 46.4 Å². The largest absolute Gasteiger partial charge is 0.461 e. The topological polar surface area (TPSA) is 116 Å². The van der Waals surface area contributed by atoms with Crippen LogP contribution in [0, 0.1) is 23.3 Å². The Bertz CT molecular complexity index is 2910. The molecule has 5 aromatic carbocycles. The van der Waals surface area contributed by atoms with Crippen LogP contribution in [0.1, 0.15) is 93.2 Å². The molecule has 62 heavy (non-hydrogen) atoms. The summed E-state index contributed by atoms with van der Waals surface area (Å²) < 4.78 is 130. The highest BCUT2D eigenvalue weighted by atomic mass is 32.3. The van der Waals surface area contributed by atoms with Crippen LogP contribution in [-0.4, -0.2) is 35.2 Å². The molecule has 0 bridgehead atoms. The van der Waals surface area contributed by atoms with Crippen molar-refractivity contribution in [2.45, 2.75) is 80.9 Å². The van der Waals surface area contributed by atoms with Crippen LogP contribution >= 0.6 is 11.8 Å². The van der Waals surface area contributed by atoms with Crippen LogP contribution in [0.25, 0.3) is 11.6 Å². The molecular formula is C47H45F4NO7S3. The number of rotatable bonds is 15. The Morgan fingerprint density at radius 1 is 0.806 bits per heavy atom. The number of benzene rings is 5. The zero-order valence-corrected chi connectivity index (χ0v) is 37.3. The van der Waals surface area contributed by atoms with Gasteiger partial charge >= 0.3 is 5.97 Å². The van der Waals surface area contributed by atoms with E-state index in [0.29, 0.717) is 27.9 Å². The predicted molar refractivity (Wildman–Crippen MR) is 233 cm³/mol. The molecule has 0 aliphatic carbocycles. The van der Waals surface area contributed by atoms with Crippen LogP contribution in [0.2, 0.25) is 0 Å². The van der Waals surface area contributed by atoms with Crippen LogP contribution in [-0.2, 0) is 36.0 Å². The number of carbonyl (C=O) groups is 1. The Balaban J connectivity index is 1.47. The van der Waals surface area contributed by atoms with Crippen LogP contribution in [0.4, 0.5) is 17.6 Å². The first-order valence-corrected chi connectivity index (χ1v) is 23.7. The monoisotopic (exact) mass is 907 g/mol. The second-order valence-electron chi connectivity index (χ2n) is 15.4. The molecular weight excluding hydrogens is 863 g/mol. The molecule has 326 valence electrons. The molecule has 0 saturated heterocycles. The summed E-state index contributed by atoms with van der Waals surface area (Å²) in [6.07, 6.45) is 3.65. The van der Waals surface area contributed by atoms with Crippen molar-refractivity contribution in [3.05, 3.63) is 158 Å².